The maximum atomic E-state index is 14.0. The zero-order valence-corrected chi connectivity index (χ0v) is 44.0. The molecule has 8 aromatic rings. The van der Waals surface area contributed by atoms with Crippen LogP contribution in [0.15, 0.2) is 179 Å². The van der Waals surface area contributed by atoms with Crippen LogP contribution in [0.3, 0.4) is 0 Å². The smallest absolute Gasteiger partial charge is 0.279 e. The lowest BCUT2D eigenvalue weighted by Crippen LogP contribution is -2.26. The molecule has 4 aliphatic heterocycles. The number of hydrogen-bond donors (Lipinski definition) is 4. The first-order valence-electron chi connectivity index (χ1n) is 24.4. The summed E-state index contributed by atoms with van der Waals surface area (Å²) in [6.07, 6.45) is 0. The summed E-state index contributed by atoms with van der Waals surface area (Å²) in [7, 11) is 0. The summed E-state index contributed by atoms with van der Waals surface area (Å²) in [5, 5.41) is 13.1. The van der Waals surface area contributed by atoms with E-state index in [9.17, 15) is 28.8 Å². The van der Waals surface area contributed by atoms with E-state index in [1.165, 1.54) is 0 Å². The van der Waals surface area contributed by atoms with Crippen LogP contribution < -0.4 is 21.3 Å². The predicted molar refractivity (Wildman–Crippen MR) is 319 cm³/mol. The van der Waals surface area contributed by atoms with Gasteiger partial charge < -0.3 is 21.3 Å². The molecule has 4 heterocycles. The van der Waals surface area contributed by atoms with Crippen LogP contribution in [0.2, 0.25) is 20.1 Å². The van der Waals surface area contributed by atoms with E-state index >= 15 is 0 Å². The van der Waals surface area contributed by atoms with Gasteiger partial charge in [0.05, 0.1) is 87.6 Å². The second-order valence-corrected chi connectivity index (χ2v) is 20.2. The number of carbonyl (C=O) groups is 6. The highest BCUT2D eigenvalue weighted by atomic mass is 35.5. The Hall–Kier alpha value is -9.70. The van der Waals surface area contributed by atoms with Gasteiger partial charge in [0.15, 0.2) is 23.1 Å². The maximum absolute atomic E-state index is 14.0. The molecule has 4 N–H and O–H groups in total. The van der Waals surface area contributed by atoms with E-state index in [-0.39, 0.29) is 107 Å². The van der Waals surface area contributed by atoms with Gasteiger partial charge in [-0.15, -0.1) is 0 Å². The third-order valence-electron chi connectivity index (χ3n) is 14.2. The van der Waals surface area contributed by atoms with Crippen LogP contribution in [0.25, 0.3) is 11.4 Å². The van der Waals surface area contributed by atoms with Crippen LogP contribution in [-0.4, -0.2) is 58.3 Å². The largest absolute Gasteiger partial charge is 0.339 e. The number of benzene rings is 8. The van der Waals surface area contributed by atoms with Gasteiger partial charge in [-0.2, -0.15) is 9.98 Å². The normalized spacial score (nSPS) is 14.6. The minimum Gasteiger partial charge on any atom is -0.339 e. The predicted octanol–water partition coefficient (Wildman–Crippen LogP) is 13.9. The number of aliphatic imine (C=N–C) groups is 4. The van der Waals surface area contributed by atoms with E-state index < -0.39 is 0 Å². The quantitative estimate of drug-likeness (QED) is 0.0971. The third kappa shape index (κ3) is 8.26. The average Bonchev–Trinajstić information content (AvgIpc) is 4.29. The van der Waals surface area contributed by atoms with Crippen molar-refractivity contribution in [2.75, 3.05) is 21.3 Å². The summed E-state index contributed by atoms with van der Waals surface area (Å²) in [5.41, 5.74) is 9.16. The van der Waals surface area contributed by atoms with Crippen molar-refractivity contribution >= 4 is 139 Å². The first-order chi connectivity index (χ1) is 38.7. The summed E-state index contributed by atoms with van der Waals surface area (Å²) in [5.74, 6) is -0.598. The lowest BCUT2D eigenvalue weighted by Gasteiger charge is -2.23. The molecule has 0 atom stereocenters. The zero-order chi connectivity index (χ0) is 55.4. The Labute approximate surface area is 481 Å². The number of carbonyl (C=O) groups excluding carboxylic acids is 6. The number of halogens is 4. The molecule has 6 aliphatic rings. The van der Waals surface area contributed by atoms with Crippen LogP contribution in [0, 0.1) is 0 Å². The highest BCUT2D eigenvalue weighted by molar-refractivity contribution is 6.54. The highest BCUT2D eigenvalue weighted by Crippen LogP contribution is 2.48. The molecule has 8 aromatic carbocycles. The van der Waals surface area contributed by atoms with Crippen LogP contribution in [-0.2, 0) is 0 Å². The lowest BCUT2D eigenvalue weighted by atomic mass is 9.82. The molecule has 0 spiro atoms. The number of fused-ring (bicyclic) bond motifs is 8. The van der Waals surface area contributed by atoms with E-state index in [0.29, 0.717) is 90.6 Å². The molecule has 392 valence electrons. The van der Waals surface area contributed by atoms with Gasteiger partial charge in [-0.1, -0.05) is 176 Å². The first-order valence-corrected chi connectivity index (χ1v) is 25.9. The van der Waals surface area contributed by atoms with Gasteiger partial charge in [-0.3, -0.25) is 28.8 Å². The summed E-state index contributed by atoms with van der Waals surface area (Å²) < 4.78 is 0. The van der Waals surface area contributed by atoms with Crippen LogP contribution in [0.5, 0.6) is 0 Å². The van der Waals surface area contributed by atoms with Gasteiger partial charge in [0, 0.05) is 55.6 Å². The molecule has 18 heteroatoms. The van der Waals surface area contributed by atoms with Crippen molar-refractivity contribution in [3.05, 3.63) is 268 Å². The van der Waals surface area contributed by atoms with Crippen molar-refractivity contribution in [2.45, 2.75) is 7.43 Å². The summed E-state index contributed by atoms with van der Waals surface area (Å²) in [4.78, 5) is 97.6. The molecule has 2 amide bonds. The Bertz CT molecular complexity index is 4350. The number of amidine groups is 4. The van der Waals surface area contributed by atoms with Gasteiger partial charge >= 0.3 is 0 Å². The monoisotopic (exact) mass is 1140 g/mol. The van der Waals surface area contributed by atoms with Crippen molar-refractivity contribution in [1.82, 2.24) is 0 Å². The molecule has 0 aromatic heterocycles. The molecule has 0 bridgehead atoms. The van der Waals surface area contributed by atoms with Gasteiger partial charge in [-0.05, 0) is 36.4 Å². The highest BCUT2D eigenvalue weighted by Gasteiger charge is 2.38. The van der Waals surface area contributed by atoms with Crippen molar-refractivity contribution in [1.29, 1.82) is 0 Å². The Morgan fingerprint density at radius 3 is 0.951 bits per heavy atom. The third-order valence-corrected chi connectivity index (χ3v) is 16.0. The number of rotatable bonds is 4. The van der Waals surface area contributed by atoms with Gasteiger partial charge in [0.2, 0.25) is 0 Å². The number of hydrogen-bond acceptors (Lipinski definition) is 12. The Morgan fingerprint density at radius 1 is 0.284 bits per heavy atom. The fourth-order valence-electron chi connectivity index (χ4n) is 10.6. The molecule has 14 rings (SSSR count). The fourth-order valence-corrected chi connectivity index (χ4v) is 11.6. The molecule has 2 aliphatic carbocycles. The number of nitrogens with one attached hydrogen (secondary N) is 4. The molecule has 81 heavy (non-hydrogen) atoms. The average molecular weight is 1140 g/mol. The molecular formula is C63H36Cl4N8O6. The summed E-state index contributed by atoms with van der Waals surface area (Å²) in [6, 6.07) is 41.8. The topological polar surface area (TPSA) is 200 Å². The fraction of sp³-hybridized carbons (Fsp3) is 0.0159. The summed E-state index contributed by atoms with van der Waals surface area (Å²) in [6.45, 7) is 7.96. The molecule has 0 unspecified atom stereocenters. The first kappa shape index (κ1) is 52.0. The van der Waals surface area contributed by atoms with Gasteiger partial charge in [0.25, 0.3) is 11.8 Å². The number of amides is 2. The number of ketones is 4. The van der Waals surface area contributed by atoms with E-state index in [2.05, 4.69) is 54.4 Å². The van der Waals surface area contributed by atoms with Gasteiger partial charge in [-0.25, -0.2) is 9.98 Å². The Balaban J connectivity index is 0.000000160. The van der Waals surface area contributed by atoms with Crippen LogP contribution in [0.1, 0.15) is 125 Å². The SMILES string of the molecule is C.C=C1N=C(Nc2cccc3c2C(=O)c2cccc(NC4=NC(=O)c5ccccc54)c2C3=O)c2c(Cl)c(Cl)c(Cl)c(Cl)c21.C=C1N=C(Nc2cccc3c2C(=O)c2cccc(NC4=NC(=O)c5ccccc54)c2C3=O)c2ccccc21. The van der Waals surface area contributed by atoms with Crippen molar-refractivity contribution in [3.8, 4) is 0 Å². The Kier molecular flexibility index (Phi) is 12.8. The number of nitrogens with zero attached hydrogens (tertiary/aromatic N) is 4. The molecule has 14 nitrogen and oxygen atoms in total. The van der Waals surface area contributed by atoms with Crippen LogP contribution in [0.4, 0.5) is 22.7 Å². The second kappa shape index (κ2) is 19.9. The standard InChI is InChI=1S/C31H14Cl4N4O3.C31H18N4O3.CH4/c1-12-19-22(24(33)26(35)25(34)23(19)32)30(36-12)38-18-11-5-9-16-21(18)28(41)15-8-4-10-17(20(15)27(16)40)37-29-13-6-2-3-7-14(13)31(42)39-29;1-16-17-8-2-3-9-18(17)29(32-16)33-23-14-6-12-21-25(23)27(36)22-13-7-15-24(26(22)28(21)37)34-30-19-10-4-5-11-20(19)31(38)35-30;/h2-11H,1H2,(H,36,38)(H,37,39,42);2-15H,1H2,(H,32,33)(H,34,35,38);1H4. The number of anilines is 4. The zero-order valence-electron chi connectivity index (χ0n) is 41.0. The van der Waals surface area contributed by atoms with Gasteiger partial charge in [0.1, 0.15) is 23.3 Å². The van der Waals surface area contributed by atoms with E-state index in [1.807, 2.05) is 30.3 Å². The van der Waals surface area contributed by atoms with Crippen molar-refractivity contribution in [3.63, 3.8) is 0 Å². The lowest BCUT2D eigenvalue weighted by molar-refractivity contribution is 0.0980. The van der Waals surface area contributed by atoms with Crippen molar-refractivity contribution < 1.29 is 28.8 Å². The van der Waals surface area contributed by atoms with E-state index in [4.69, 9.17) is 46.4 Å². The second-order valence-electron chi connectivity index (χ2n) is 18.7. The minimum atomic E-state index is -0.384. The Morgan fingerprint density at radius 2 is 0.568 bits per heavy atom. The molecule has 0 radical (unpaired) electrons. The van der Waals surface area contributed by atoms with E-state index in [1.54, 1.807) is 115 Å². The summed E-state index contributed by atoms with van der Waals surface area (Å²) >= 11 is 25.5. The molecule has 0 saturated heterocycles. The minimum absolute atomic E-state index is 0. The molecule has 0 saturated carbocycles. The molecule has 0 fully saturated rings. The van der Waals surface area contributed by atoms with E-state index in [0.717, 1.165) is 11.1 Å². The van der Waals surface area contributed by atoms with Crippen LogP contribution >= 0.6 is 46.4 Å². The molecular weight excluding hydrogens is 1110 g/mol. The maximum Gasteiger partial charge on any atom is 0.279 e. The van der Waals surface area contributed by atoms with Crippen molar-refractivity contribution in [2.24, 2.45) is 20.0 Å².